The average molecular weight is 291 g/mol. The molecule has 19 heavy (non-hydrogen) atoms. The highest BCUT2D eigenvalue weighted by Gasteiger charge is 2.27. The summed E-state index contributed by atoms with van der Waals surface area (Å²) in [5, 5.41) is 3.09. The van der Waals surface area contributed by atoms with Crippen LogP contribution in [0.3, 0.4) is 0 Å². The zero-order valence-corrected chi connectivity index (χ0v) is 13.6. The molecule has 114 valence electrons. The Morgan fingerprint density at radius 1 is 1.11 bits per heavy atom. The molecular formula is C15H31ClN2O. The van der Waals surface area contributed by atoms with E-state index in [0.29, 0.717) is 5.92 Å². The molecule has 0 bridgehead atoms. The lowest BCUT2D eigenvalue weighted by Gasteiger charge is -2.32. The number of nitrogens with two attached hydrogens (primary N) is 1. The first-order chi connectivity index (χ1) is 8.43. The van der Waals surface area contributed by atoms with E-state index in [1.54, 1.807) is 0 Å². The average Bonchev–Trinajstić information content (AvgIpc) is 2.37. The summed E-state index contributed by atoms with van der Waals surface area (Å²) in [5.74, 6) is 1.51. The molecule has 3 N–H and O–H groups in total. The summed E-state index contributed by atoms with van der Waals surface area (Å²) in [6, 6.07) is -0.156. The molecule has 3 atom stereocenters. The normalized spacial score (nSPS) is 21.4. The first-order valence-corrected chi connectivity index (χ1v) is 7.49. The third-order valence-electron chi connectivity index (χ3n) is 4.57. The molecule has 1 fully saturated rings. The van der Waals surface area contributed by atoms with Crippen molar-refractivity contribution in [2.75, 3.05) is 0 Å². The van der Waals surface area contributed by atoms with Gasteiger partial charge in [-0.2, -0.15) is 0 Å². The number of nitrogens with one attached hydrogen (secondary N) is 1. The molecule has 1 amide bonds. The van der Waals surface area contributed by atoms with Gasteiger partial charge in [-0.05, 0) is 24.7 Å². The largest absolute Gasteiger partial charge is 0.352 e. The van der Waals surface area contributed by atoms with Gasteiger partial charge in [0.25, 0.3) is 0 Å². The SMILES string of the molecule is CC(NC(=O)[C@@H](N)C(C)C)C(C)C1CCCCC1.Cl. The van der Waals surface area contributed by atoms with Crippen LogP contribution in [0, 0.1) is 17.8 Å². The summed E-state index contributed by atoms with van der Waals surface area (Å²) in [5.41, 5.74) is 5.87. The number of hydrogen-bond acceptors (Lipinski definition) is 2. The van der Waals surface area contributed by atoms with Crippen LogP contribution in [0.4, 0.5) is 0 Å². The van der Waals surface area contributed by atoms with E-state index in [1.165, 1.54) is 32.1 Å². The smallest absolute Gasteiger partial charge is 0.237 e. The Morgan fingerprint density at radius 3 is 2.11 bits per heavy atom. The van der Waals surface area contributed by atoms with Crippen molar-refractivity contribution in [3.05, 3.63) is 0 Å². The van der Waals surface area contributed by atoms with E-state index < -0.39 is 0 Å². The summed E-state index contributed by atoms with van der Waals surface area (Å²) >= 11 is 0. The highest BCUT2D eigenvalue weighted by atomic mass is 35.5. The zero-order valence-electron chi connectivity index (χ0n) is 12.8. The van der Waals surface area contributed by atoms with Crippen molar-refractivity contribution >= 4 is 18.3 Å². The highest BCUT2D eigenvalue weighted by molar-refractivity contribution is 5.85. The van der Waals surface area contributed by atoms with Crippen molar-refractivity contribution in [1.82, 2.24) is 5.32 Å². The van der Waals surface area contributed by atoms with Crippen LogP contribution in [0.25, 0.3) is 0 Å². The van der Waals surface area contributed by atoms with Crippen LogP contribution in [0.1, 0.15) is 59.8 Å². The van der Waals surface area contributed by atoms with E-state index in [1.807, 2.05) is 13.8 Å². The molecule has 1 aliphatic carbocycles. The Morgan fingerprint density at radius 2 is 1.63 bits per heavy atom. The summed E-state index contributed by atoms with van der Waals surface area (Å²) in [7, 11) is 0. The number of carbonyl (C=O) groups is 1. The number of rotatable bonds is 5. The second-order valence-electron chi connectivity index (χ2n) is 6.32. The lowest BCUT2D eigenvalue weighted by molar-refractivity contribution is -0.124. The van der Waals surface area contributed by atoms with Gasteiger partial charge in [0.1, 0.15) is 0 Å². The van der Waals surface area contributed by atoms with Gasteiger partial charge in [0, 0.05) is 6.04 Å². The molecule has 0 aromatic rings. The number of carbonyl (C=O) groups excluding carboxylic acids is 1. The summed E-state index contributed by atoms with van der Waals surface area (Å²) < 4.78 is 0. The third-order valence-corrected chi connectivity index (χ3v) is 4.57. The van der Waals surface area contributed by atoms with Gasteiger partial charge in [-0.3, -0.25) is 4.79 Å². The Balaban J connectivity index is 0.00000324. The summed E-state index contributed by atoms with van der Waals surface area (Å²) in [6.07, 6.45) is 6.71. The van der Waals surface area contributed by atoms with E-state index in [9.17, 15) is 4.79 Å². The van der Waals surface area contributed by atoms with Crippen molar-refractivity contribution in [3.63, 3.8) is 0 Å². The molecule has 1 aliphatic rings. The number of halogens is 1. The van der Waals surface area contributed by atoms with E-state index in [4.69, 9.17) is 5.73 Å². The quantitative estimate of drug-likeness (QED) is 0.817. The van der Waals surface area contributed by atoms with E-state index in [0.717, 1.165) is 5.92 Å². The number of hydrogen-bond donors (Lipinski definition) is 2. The van der Waals surface area contributed by atoms with Gasteiger partial charge in [-0.1, -0.05) is 52.9 Å². The molecule has 1 saturated carbocycles. The minimum Gasteiger partial charge on any atom is -0.352 e. The maximum absolute atomic E-state index is 11.9. The highest BCUT2D eigenvalue weighted by Crippen LogP contribution is 2.31. The second kappa shape index (κ2) is 8.80. The predicted octanol–water partition coefficient (Wildman–Crippen LogP) is 3.11. The fraction of sp³-hybridized carbons (Fsp3) is 0.933. The van der Waals surface area contributed by atoms with Crippen LogP contribution in [-0.4, -0.2) is 18.0 Å². The lowest BCUT2D eigenvalue weighted by Crippen LogP contribution is -2.49. The Labute approximate surface area is 124 Å². The van der Waals surface area contributed by atoms with Crippen LogP contribution in [-0.2, 0) is 4.79 Å². The summed E-state index contributed by atoms with van der Waals surface area (Å²) in [4.78, 5) is 11.9. The molecular weight excluding hydrogens is 260 g/mol. The van der Waals surface area contributed by atoms with Crippen LogP contribution >= 0.6 is 12.4 Å². The molecule has 0 aromatic carbocycles. The van der Waals surface area contributed by atoms with Crippen LogP contribution in [0.5, 0.6) is 0 Å². The second-order valence-corrected chi connectivity index (χ2v) is 6.32. The van der Waals surface area contributed by atoms with Crippen molar-refractivity contribution in [2.24, 2.45) is 23.5 Å². The van der Waals surface area contributed by atoms with Crippen molar-refractivity contribution in [1.29, 1.82) is 0 Å². The molecule has 1 rings (SSSR count). The fourth-order valence-corrected chi connectivity index (χ4v) is 2.82. The van der Waals surface area contributed by atoms with Gasteiger partial charge in [-0.15, -0.1) is 12.4 Å². The van der Waals surface area contributed by atoms with Crippen molar-refractivity contribution in [2.45, 2.75) is 71.9 Å². The molecule has 4 heteroatoms. The minimum absolute atomic E-state index is 0. The monoisotopic (exact) mass is 290 g/mol. The van der Waals surface area contributed by atoms with Crippen molar-refractivity contribution < 1.29 is 4.79 Å². The molecule has 0 saturated heterocycles. The Bertz CT molecular complexity index is 265. The Kier molecular flexibility index (Phi) is 8.67. The van der Waals surface area contributed by atoms with Gasteiger partial charge in [0.2, 0.25) is 5.91 Å². The fourth-order valence-electron chi connectivity index (χ4n) is 2.82. The molecule has 0 heterocycles. The molecule has 0 spiro atoms. The van der Waals surface area contributed by atoms with Gasteiger partial charge >= 0.3 is 0 Å². The first-order valence-electron chi connectivity index (χ1n) is 7.49. The lowest BCUT2D eigenvalue weighted by atomic mass is 9.78. The first kappa shape index (κ1) is 18.7. The molecule has 0 aliphatic heterocycles. The van der Waals surface area contributed by atoms with Gasteiger partial charge in [0.05, 0.1) is 6.04 Å². The van der Waals surface area contributed by atoms with Gasteiger partial charge in [0.15, 0.2) is 0 Å². The molecule has 2 unspecified atom stereocenters. The maximum Gasteiger partial charge on any atom is 0.237 e. The molecule has 0 aromatic heterocycles. The van der Waals surface area contributed by atoms with Crippen molar-refractivity contribution in [3.8, 4) is 0 Å². The standard InChI is InChI=1S/C15H30N2O.ClH/c1-10(2)14(16)15(18)17-12(4)11(3)13-8-6-5-7-9-13;/h10-14H,5-9,16H2,1-4H3,(H,17,18);1H/t11?,12?,14-;/m0./s1. The summed E-state index contributed by atoms with van der Waals surface area (Å²) in [6.45, 7) is 8.35. The van der Waals surface area contributed by atoms with Crippen LogP contribution in [0.2, 0.25) is 0 Å². The van der Waals surface area contributed by atoms with E-state index in [-0.39, 0.29) is 36.3 Å². The maximum atomic E-state index is 11.9. The Hall–Kier alpha value is -0.280. The molecule has 0 radical (unpaired) electrons. The predicted molar refractivity (Wildman–Crippen MR) is 83.4 cm³/mol. The van der Waals surface area contributed by atoms with Gasteiger partial charge in [-0.25, -0.2) is 0 Å². The van der Waals surface area contributed by atoms with E-state index in [2.05, 4.69) is 19.2 Å². The topological polar surface area (TPSA) is 55.1 Å². The zero-order chi connectivity index (χ0) is 13.7. The van der Waals surface area contributed by atoms with Gasteiger partial charge < -0.3 is 11.1 Å². The number of amides is 1. The van der Waals surface area contributed by atoms with Crippen LogP contribution in [0.15, 0.2) is 0 Å². The minimum atomic E-state index is -0.383. The van der Waals surface area contributed by atoms with Crippen LogP contribution < -0.4 is 11.1 Å². The van der Waals surface area contributed by atoms with E-state index >= 15 is 0 Å². The third kappa shape index (κ3) is 5.70. The molecule has 3 nitrogen and oxygen atoms in total.